The van der Waals surface area contributed by atoms with Crippen molar-refractivity contribution in [1.29, 1.82) is 0 Å². The molecule has 0 aliphatic heterocycles. The van der Waals surface area contributed by atoms with Crippen molar-refractivity contribution in [2.24, 2.45) is 0 Å². The molecule has 0 amide bonds. The molecule has 3 nitrogen and oxygen atoms in total. The van der Waals surface area contributed by atoms with Gasteiger partial charge in [0.2, 0.25) is 0 Å². The first-order chi connectivity index (χ1) is 9.71. The number of carbonyl (C=O) groups is 1. The Morgan fingerprint density at radius 3 is 2.57 bits per heavy atom. The number of aromatic nitrogens is 1. The predicted molar refractivity (Wildman–Crippen MR) is 71.4 cm³/mol. The minimum absolute atomic E-state index is 0.0710. The van der Waals surface area contributed by atoms with Crippen molar-refractivity contribution in [2.75, 3.05) is 0 Å². The van der Waals surface area contributed by atoms with Crippen molar-refractivity contribution < 1.29 is 23.1 Å². The van der Waals surface area contributed by atoms with Crippen molar-refractivity contribution in [2.45, 2.75) is 13.1 Å². The smallest absolute Gasteiger partial charge is 0.416 e. The number of rotatable bonds is 2. The highest BCUT2D eigenvalue weighted by molar-refractivity contribution is 6.34. The number of carboxylic acids is 1. The average Bonchev–Trinajstić information content (AvgIpc) is 2.40. The number of alkyl halides is 3. The Hall–Kier alpha value is -2.08. The lowest BCUT2D eigenvalue weighted by atomic mass is 10.0. The number of aromatic carboxylic acids is 1. The van der Waals surface area contributed by atoms with Crippen molar-refractivity contribution in [1.82, 2.24) is 4.98 Å². The van der Waals surface area contributed by atoms with Crippen LogP contribution in [0.5, 0.6) is 0 Å². The standard InChI is InChI=1S/C14H9ClF3NO2/c1-7-11(15)10(6-19-12(7)13(20)21)8-3-2-4-9(5-8)14(16,17)18/h2-6H,1H3,(H,20,21). The van der Waals surface area contributed by atoms with Crippen LogP contribution in [0.4, 0.5) is 13.2 Å². The minimum atomic E-state index is -4.47. The lowest BCUT2D eigenvalue weighted by molar-refractivity contribution is -0.137. The maximum atomic E-state index is 12.7. The topological polar surface area (TPSA) is 50.2 Å². The molecule has 0 atom stereocenters. The van der Waals surface area contributed by atoms with Gasteiger partial charge in [0, 0.05) is 17.3 Å². The van der Waals surface area contributed by atoms with Crippen molar-refractivity contribution in [3.8, 4) is 11.1 Å². The van der Waals surface area contributed by atoms with Gasteiger partial charge in [-0.3, -0.25) is 0 Å². The Morgan fingerprint density at radius 2 is 2.00 bits per heavy atom. The molecular weight excluding hydrogens is 307 g/mol. The molecule has 7 heteroatoms. The van der Waals surface area contributed by atoms with Crippen LogP contribution in [-0.4, -0.2) is 16.1 Å². The SMILES string of the molecule is Cc1c(C(=O)O)ncc(-c2cccc(C(F)(F)F)c2)c1Cl. The first kappa shape index (κ1) is 15.3. The molecule has 0 saturated heterocycles. The lowest BCUT2D eigenvalue weighted by Crippen LogP contribution is -2.06. The molecule has 0 aliphatic rings. The molecule has 0 radical (unpaired) electrons. The summed E-state index contributed by atoms with van der Waals surface area (Å²) >= 11 is 6.06. The highest BCUT2D eigenvalue weighted by Gasteiger charge is 2.30. The number of hydrogen-bond acceptors (Lipinski definition) is 2. The maximum Gasteiger partial charge on any atom is 0.416 e. The maximum absolute atomic E-state index is 12.7. The van der Waals surface area contributed by atoms with Crippen LogP contribution < -0.4 is 0 Å². The summed E-state index contributed by atoms with van der Waals surface area (Å²) in [4.78, 5) is 14.7. The molecule has 1 N–H and O–H groups in total. The van der Waals surface area contributed by atoms with E-state index in [1.54, 1.807) is 0 Å². The third-order valence-corrected chi connectivity index (χ3v) is 3.43. The highest BCUT2D eigenvalue weighted by atomic mass is 35.5. The average molecular weight is 316 g/mol. The summed E-state index contributed by atoms with van der Waals surface area (Å²) in [6.07, 6.45) is -3.31. The molecule has 0 spiro atoms. The van der Waals surface area contributed by atoms with Gasteiger partial charge in [-0.05, 0) is 24.6 Å². The van der Waals surface area contributed by atoms with E-state index in [0.717, 1.165) is 18.3 Å². The van der Waals surface area contributed by atoms with Crippen molar-refractivity contribution >= 4 is 17.6 Å². The van der Waals surface area contributed by atoms with E-state index < -0.39 is 17.7 Å². The van der Waals surface area contributed by atoms with Gasteiger partial charge in [-0.15, -0.1) is 0 Å². The number of halogens is 4. The van der Waals surface area contributed by atoms with E-state index in [4.69, 9.17) is 16.7 Å². The predicted octanol–water partition coefficient (Wildman–Crippen LogP) is 4.43. The van der Waals surface area contributed by atoms with Crippen LogP contribution in [0.2, 0.25) is 5.02 Å². The van der Waals surface area contributed by atoms with E-state index in [1.807, 2.05) is 0 Å². The molecular formula is C14H9ClF3NO2. The van der Waals surface area contributed by atoms with Gasteiger partial charge in [0.25, 0.3) is 0 Å². The fraction of sp³-hybridized carbons (Fsp3) is 0.143. The largest absolute Gasteiger partial charge is 0.477 e. The number of pyridine rings is 1. The van der Waals surface area contributed by atoms with Crippen molar-refractivity contribution in [3.05, 3.63) is 52.3 Å². The van der Waals surface area contributed by atoms with Crippen LogP contribution in [-0.2, 0) is 6.18 Å². The van der Waals surface area contributed by atoms with Crippen LogP contribution in [0.25, 0.3) is 11.1 Å². The summed E-state index contributed by atoms with van der Waals surface area (Å²) in [5.41, 5.74) is -0.349. The van der Waals surface area contributed by atoms with Crippen LogP contribution in [0.1, 0.15) is 21.6 Å². The zero-order valence-corrected chi connectivity index (χ0v) is 11.5. The van der Waals surface area contributed by atoms with Gasteiger partial charge in [-0.25, -0.2) is 9.78 Å². The molecule has 21 heavy (non-hydrogen) atoms. The number of carboxylic acid groups (broad SMARTS) is 1. The first-order valence-corrected chi connectivity index (χ1v) is 6.15. The summed E-state index contributed by atoms with van der Waals surface area (Å²) in [7, 11) is 0. The molecule has 0 saturated carbocycles. The van der Waals surface area contributed by atoms with Gasteiger partial charge >= 0.3 is 12.1 Å². The first-order valence-electron chi connectivity index (χ1n) is 5.78. The Bertz CT molecular complexity index is 714. The summed E-state index contributed by atoms with van der Waals surface area (Å²) in [6, 6.07) is 4.61. The van der Waals surface area contributed by atoms with Gasteiger partial charge < -0.3 is 5.11 Å². The Morgan fingerprint density at radius 1 is 1.33 bits per heavy atom. The summed E-state index contributed by atoms with van der Waals surface area (Å²) in [5, 5.41) is 9.00. The zero-order chi connectivity index (χ0) is 15.8. The van der Waals surface area contributed by atoms with Gasteiger partial charge in [0.05, 0.1) is 10.6 Å². The second kappa shape index (κ2) is 5.37. The molecule has 1 heterocycles. The quantitative estimate of drug-likeness (QED) is 0.892. The third kappa shape index (κ3) is 3.00. The van der Waals surface area contributed by atoms with E-state index in [1.165, 1.54) is 19.1 Å². The van der Waals surface area contributed by atoms with E-state index in [0.29, 0.717) is 0 Å². The molecule has 2 aromatic rings. The Balaban J connectivity index is 2.58. The molecule has 110 valence electrons. The fourth-order valence-electron chi connectivity index (χ4n) is 1.87. The van der Waals surface area contributed by atoms with Crippen LogP contribution >= 0.6 is 11.6 Å². The lowest BCUT2D eigenvalue weighted by Gasteiger charge is -2.11. The van der Waals surface area contributed by atoms with E-state index in [-0.39, 0.29) is 27.4 Å². The normalized spacial score (nSPS) is 11.5. The van der Waals surface area contributed by atoms with Gasteiger partial charge in [-0.1, -0.05) is 23.7 Å². The van der Waals surface area contributed by atoms with E-state index in [2.05, 4.69) is 4.98 Å². The second-order valence-corrected chi connectivity index (χ2v) is 4.72. The molecule has 0 unspecified atom stereocenters. The van der Waals surface area contributed by atoms with Crippen LogP contribution in [0.15, 0.2) is 30.5 Å². The van der Waals surface area contributed by atoms with Crippen molar-refractivity contribution in [3.63, 3.8) is 0 Å². The van der Waals surface area contributed by atoms with E-state index >= 15 is 0 Å². The summed E-state index contributed by atoms with van der Waals surface area (Å²) in [6.45, 7) is 1.45. The Labute approximate surface area is 123 Å². The highest BCUT2D eigenvalue weighted by Crippen LogP contribution is 2.35. The van der Waals surface area contributed by atoms with E-state index in [9.17, 15) is 18.0 Å². The molecule has 0 bridgehead atoms. The summed E-state index contributed by atoms with van der Waals surface area (Å²) in [5.74, 6) is -1.25. The molecule has 1 aromatic heterocycles. The Kier molecular flexibility index (Phi) is 3.91. The zero-order valence-electron chi connectivity index (χ0n) is 10.7. The van der Waals surface area contributed by atoms with Gasteiger partial charge in [0.15, 0.2) is 5.69 Å². The summed E-state index contributed by atoms with van der Waals surface area (Å²) < 4.78 is 38.1. The molecule has 2 rings (SSSR count). The van der Waals surface area contributed by atoms with Gasteiger partial charge in [-0.2, -0.15) is 13.2 Å². The fourth-order valence-corrected chi connectivity index (χ4v) is 2.12. The monoisotopic (exact) mass is 315 g/mol. The third-order valence-electron chi connectivity index (χ3n) is 2.95. The number of hydrogen-bond donors (Lipinski definition) is 1. The van der Waals surface area contributed by atoms with Gasteiger partial charge in [0.1, 0.15) is 0 Å². The van der Waals surface area contributed by atoms with Crippen LogP contribution in [0.3, 0.4) is 0 Å². The minimum Gasteiger partial charge on any atom is -0.477 e. The number of nitrogens with zero attached hydrogens (tertiary/aromatic N) is 1. The molecule has 1 aromatic carbocycles. The molecule has 0 aliphatic carbocycles. The second-order valence-electron chi connectivity index (χ2n) is 4.34. The van der Waals surface area contributed by atoms with Crippen LogP contribution in [0, 0.1) is 6.92 Å². The molecule has 0 fully saturated rings. The number of benzene rings is 1.